The third-order valence-electron chi connectivity index (χ3n) is 3.40. The summed E-state index contributed by atoms with van der Waals surface area (Å²) >= 11 is 3.41. The Bertz CT molecular complexity index is 453. The van der Waals surface area contributed by atoms with E-state index in [0.717, 1.165) is 35.0 Å². The van der Waals surface area contributed by atoms with Crippen LogP contribution in [0.25, 0.3) is 0 Å². The van der Waals surface area contributed by atoms with Gasteiger partial charge in [0.2, 0.25) is 0 Å². The first-order valence-electron chi connectivity index (χ1n) is 6.36. The van der Waals surface area contributed by atoms with Crippen LogP contribution in [0.5, 0.6) is 0 Å². The van der Waals surface area contributed by atoms with Crippen molar-refractivity contribution in [2.45, 2.75) is 38.8 Å². The van der Waals surface area contributed by atoms with E-state index in [1.54, 1.807) is 0 Å². The molecule has 3 nitrogen and oxygen atoms in total. The first kappa shape index (κ1) is 16.5. The Hall–Kier alpha value is -0.580. The number of piperidine rings is 1. The zero-order valence-corrected chi connectivity index (χ0v) is 13.6. The monoisotopic (exact) mass is 346 g/mol. The minimum absolute atomic E-state index is 0. The van der Waals surface area contributed by atoms with Crippen LogP contribution in [0, 0.1) is 6.92 Å². The molecule has 1 amide bonds. The van der Waals surface area contributed by atoms with E-state index in [-0.39, 0.29) is 24.4 Å². The molecule has 1 heterocycles. The standard InChI is InChI=1S/C14H19BrN2O.ClH/c1-9-3-4-11(15)8-13(9)14(18)17-12-5-6-16-10(2)7-12;/h3-4,8,10,12,16H,5-7H2,1-2H3,(H,17,18);1H. The SMILES string of the molecule is Cc1ccc(Br)cc1C(=O)NC1CCNC(C)C1.Cl. The smallest absolute Gasteiger partial charge is 0.251 e. The van der Waals surface area contributed by atoms with Gasteiger partial charge < -0.3 is 10.6 Å². The van der Waals surface area contributed by atoms with Gasteiger partial charge >= 0.3 is 0 Å². The number of nitrogens with one attached hydrogen (secondary N) is 2. The highest BCUT2D eigenvalue weighted by atomic mass is 79.9. The average molecular weight is 348 g/mol. The summed E-state index contributed by atoms with van der Waals surface area (Å²) in [5.41, 5.74) is 1.77. The Morgan fingerprint density at radius 1 is 1.47 bits per heavy atom. The molecular weight excluding hydrogens is 328 g/mol. The Morgan fingerprint density at radius 3 is 2.89 bits per heavy atom. The maximum atomic E-state index is 12.2. The lowest BCUT2D eigenvalue weighted by Gasteiger charge is -2.28. The van der Waals surface area contributed by atoms with Crippen molar-refractivity contribution in [3.8, 4) is 0 Å². The van der Waals surface area contributed by atoms with Crippen molar-refractivity contribution >= 4 is 34.2 Å². The van der Waals surface area contributed by atoms with Gasteiger partial charge in [0, 0.05) is 22.1 Å². The fourth-order valence-electron chi connectivity index (χ4n) is 2.37. The van der Waals surface area contributed by atoms with Gasteiger partial charge in [-0.1, -0.05) is 22.0 Å². The zero-order valence-electron chi connectivity index (χ0n) is 11.2. The van der Waals surface area contributed by atoms with Crippen LogP contribution in [0.1, 0.15) is 35.7 Å². The molecule has 1 aliphatic heterocycles. The van der Waals surface area contributed by atoms with Gasteiger partial charge in [0.05, 0.1) is 0 Å². The van der Waals surface area contributed by atoms with Crippen molar-refractivity contribution in [3.63, 3.8) is 0 Å². The van der Waals surface area contributed by atoms with Crippen LogP contribution >= 0.6 is 28.3 Å². The van der Waals surface area contributed by atoms with Crippen LogP contribution in [-0.4, -0.2) is 24.5 Å². The summed E-state index contributed by atoms with van der Waals surface area (Å²) in [4.78, 5) is 12.2. The van der Waals surface area contributed by atoms with Crippen molar-refractivity contribution in [2.75, 3.05) is 6.54 Å². The van der Waals surface area contributed by atoms with Gasteiger partial charge in [0.1, 0.15) is 0 Å². The predicted octanol–water partition coefficient (Wildman–Crippen LogP) is 3.05. The van der Waals surface area contributed by atoms with Gasteiger partial charge in [-0.05, 0) is 50.9 Å². The van der Waals surface area contributed by atoms with Gasteiger partial charge in [-0.2, -0.15) is 0 Å². The normalized spacial score (nSPS) is 22.5. The van der Waals surface area contributed by atoms with Crippen molar-refractivity contribution in [1.82, 2.24) is 10.6 Å². The van der Waals surface area contributed by atoms with E-state index in [9.17, 15) is 4.79 Å². The molecule has 1 aromatic carbocycles. The third kappa shape index (κ3) is 4.48. The Balaban J connectivity index is 0.00000180. The molecule has 106 valence electrons. The van der Waals surface area contributed by atoms with Crippen LogP contribution in [-0.2, 0) is 0 Å². The molecule has 2 N–H and O–H groups in total. The molecule has 2 atom stereocenters. The summed E-state index contributed by atoms with van der Waals surface area (Å²) in [5.74, 6) is 0.0351. The second-order valence-corrected chi connectivity index (χ2v) is 5.92. The van der Waals surface area contributed by atoms with E-state index < -0.39 is 0 Å². The minimum atomic E-state index is 0. The molecule has 0 bridgehead atoms. The number of carbonyl (C=O) groups is 1. The first-order chi connectivity index (χ1) is 8.56. The van der Waals surface area contributed by atoms with Crippen LogP contribution in [0.2, 0.25) is 0 Å². The number of hydrogen-bond donors (Lipinski definition) is 2. The summed E-state index contributed by atoms with van der Waals surface area (Å²) in [6.45, 7) is 5.10. The van der Waals surface area contributed by atoms with E-state index in [1.165, 1.54) is 0 Å². The topological polar surface area (TPSA) is 41.1 Å². The lowest BCUT2D eigenvalue weighted by Crippen LogP contribution is -2.46. The maximum absolute atomic E-state index is 12.2. The molecule has 0 aliphatic carbocycles. The summed E-state index contributed by atoms with van der Waals surface area (Å²) < 4.78 is 0.942. The van der Waals surface area contributed by atoms with E-state index in [4.69, 9.17) is 0 Å². The lowest BCUT2D eigenvalue weighted by atomic mass is 9.99. The van der Waals surface area contributed by atoms with Crippen LogP contribution < -0.4 is 10.6 Å². The second kappa shape index (κ2) is 7.27. The van der Waals surface area contributed by atoms with Crippen molar-refractivity contribution in [3.05, 3.63) is 33.8 Å². The summed E-state index contributed by atoms with van der Waals surface area (Å²) in [7, 11) is 0. The predicted molar refractivity (Wildman–Crippen MR) is 84.1 cm³/mol. The summed E-state index contributed by atoms with van der Waals surface area (Å²) in [5, 5.41) is 6.52. The van der Waals surface area contributed by atoms with Crippen molar-refractivity contribution < 1.29 is 4.79 Å². The van der Waals surface area contributed by atoms with Gasteiger partial charge in [-0.3, -0.25) is 4.79 Å². The molecule has 19 heavy (non-hydrogen) atoms. The van der Waals surface area contributed by atoms with Gasteiger partial charge in [-0.25, -0.2) is 0 Å². The van der Waals surface area contributed by atoms with Crippen LogP contribution in [0.4, 0.5) is 0 Å². The number of carbonyl (C=O) groups excluding carboxylic acids is 1. The highest BCUT2D eigenvalue weighted by molar-refractivity contribution is 9.10. The minimum Gasteiger partial charge on any atom is -0.349 e. The Kier molecular flexibility index (Phi) is 6.30. The molecule has 1 fully saturated rings. The van der Waals surface area contributed by atoms with E-state index in [2.05, 4.69) is 33.5 Å². The fraction of sp³-hybridized carbons (Fsp3) is 0.500. The Morgan fingerprint density at radius 2 is 2.21 bits per heavy atom. The third-order valence-corrected chi connectivity index (χ3v) is 3.90. The molecule has 5 heteroatoms. The average Bonchev–Trinajstić information content (AvgIpc) is 2.32. The highest BCUT2D eigenvalue weighted by Gasteiger charge is 2.21. The number of hydrogen-bond acceptors (Lipinski definition) is 2. The largest absolute Gasteiger partial charge is 0.349 e. The number of aryl methyl sites for hydroxylation is 1. The second-order valence-electron chi connectivity index (χ2n) is 5.01. The van der Waals surface area contributed by atoms with Crippen LogP contribution in [0.15, 0.2) is 22.7 Å². The fourth-order valence-corrected chi connectivity index (χ4v) is 2.73. The molecule has 2 rings (SSSR count). The lowest BCUT2D eigenvalue weighted by molar-refractivity contribution is 0.0925. The summed E-state index contributed by atoms with van der Waals surface area (Å²) in [6, 6.07) is 6.57. The molecule has 1 aromatic rings. The molecule has 0 saturated carbocycles. The highest BCUT2D eigenvalue weighted by Crippen LogP contribution is 2.17. The number of halogens is 2. The van der Waals surface area contributed by atoms with Crippen molar-refractivity contribution in [1.29, 1.82) is 0 Å². The first-order valence-corrected chi connectivity index (χ1v) is 7.16. The zero-order chi connectivity index (χ0) is 13.1. The number of amides is 1. The molecule has 2 unspecified atom stereocenters. The van der Waals surface area contributed by atoms with Gasteiger partial charge in [-0.15, -0.1) is 12.4 Å². The van der Waals surface area contributed by atoms with E-state index >= 15 is 0 Å². The molecule has 0 spiro atoms. The quantitative estimate of drug-likeness (QED) is 0.863. The van der Waals surface area contributed by atoms with E-state index in [1.807, 2.05) is 25.1 Å². The molecule has 0 radical (unpaired) electrons. The molecular formula is C14H20BrClN2O. The summed E-state index contributed by atoms with van der Waals surface area (Å²) in [6.07, 6.45) is 2.00. The Labute approximate surface area is 129 Å². The molecule has 1 aliphatic rings. The van der Waals surface area contributed by atoms with Gasteiger partial charge in [0.25, 0.3) is 5.91 Å². The number of benzene rings is 1. The molecule has 1 saturated heterocycles. The van der Waals surface area contributed by atoms with E-state index in [0.29, 0.717) is 6.04 Å². The molecule has 0 aromatic heterocycles. The van der Waals surface area contributed by atoms with Crippen LogP contribution in [0.3, 0.4) is 0 Å². The number of rotatable bonds is 2. The van der Waals surface area contributed by atoms with Crippen molar-refractivity contribution in [2.24, 2.45) is 0 Å². The van der Waals surface area contributed by atoms with Gasteiger partial charge in [0.15, 0.2) is 0 Å². The maximum Gasteiger partial charge on any atom is 0.251 e.